The molecule has 365 valence electrons. The Morgan fingerprint density at radius 1 is 0.581 bits per heavy atom. The van der Waals surface area contributed by atoms with E-state index >= 15 is 0 Å². The third-order valence-electron chi connectivity index (χ3n) is 13.6. The molecule has 12 aromatic rings. The molecule has 12 rings (SSSR count). The number of pyridine rings is 2. The number of fused-ring (bicyclic) bond motifs is 4. The molecule has 1 unspecified atom stereocenters. The van der Waals surface area contributed by atoms with Gasteiger partial charge >= 0.3 is 0 Å². The molecule has 4 aromatic heterocycles. The zero-order valence-corrected chi connectivity index (χ0v) is 44.1. The molecule has 0 spiro atoms. The first kappa shape index (κ1) is 49.5. The van der Waals surface area contributed by atoms with Gasteiger partial charge < -0.3 is 19.1 Å². The Morgan fingerprint density at radius 2 is 1.19 bits per heavy atom. The molecule has 0 aliphatic carbocycles. The van der Waals surface area contributed by atoms with Crippen molar-refractivity contribution in [1.29, 1.82) is 0 Å². The zero-order chi connectivity index (χ0) is 49.9. The molecule has 6 nitrogen and oxygen atoms in total. The fraction of sp³-hybridized carbons (Fsp3) is 0.119. The molecule has 8 aromatic carbocycles. The van der Waals surface area contributed by atoms with E-state index in [-0.39, 0.29) is 38.4 Å². The van der Waals surface area contributed by atoms with Gasteiger partial charge in [-0.05, 0) is 111 Å². The van der Waals surface area contributed by atoms with Crippen molar-refractivity contribution in [2.24, 2.45) is 0 Å². The third kappa shape index (κ3) is 9.78. The SMILES string of the molecule is CC(C)c1cc(-c2ccccc2)cc(C(C)C)c1-n1c(-c2[c-]c(CC(O)(c3ccc(-c4ccccc4)cc3)c3ccccn3)cc3c2oc2ccccc23)nc2ccccc21.[Ir].[c-]1ccccc1-c1ccccn1. The standard InChI is InChI=1S/C56H46N3O2.C11H8N.Ir/c1-36(2)45-33-42(40-19-9-6-10-20-40)34-46(37(3)4)53(45)59-50-23-13-12-22-49(50)58-55(59)48-32-38(31-47-44-21-11-14-24-51(44)61-54(47)48)35-56(60,52-25-15-16-30-57-52)43-28-26-41(27-29-43)39-17-7-5-8-18-39;1-2-6-10(7-3-1)11-8-4-5-9-12-11;/h5-31,33-34,36-37,60H,35H2,1-4H3;1-6,8-9H;/q2*-1;. The number of hydrogen-bond donors (Lipinski definition) is 1. The molecule has 7 heteroatoms. The van der Waals surface area contributed by atoms with E-state index in [0.717, 1.165) is 78.0 Å². The molecule has 0 bridgehead atoms. The number of rotatable bonds is 11. The number of benzene rings is 8. The molecule has 0 aliphatic rings. The monoisotopic (exact) mass is 1140 g/mol. The third-order valence-corrected chi connectivity index (χ3v) is 13.6. The predicted molar refractivity (Wildman–Crippen MR) is 298 cm³/mol. The summed E-state index contributed by atoms with van der Waals surface area (Å²) in [7, 11) is 0. The molecule has 0 saturated heterocycles. The van der Waals surface area contributed by atoms with Gasteiger partial charge in [0.25, 0.3) is 0 Å². The number of aliphatic hydroxyl groups is 1. The van der Waals surface area contributed by atoms with E-state index in [0.29, 0.717) is 11.3 Å². The fourth-order valence-electron chi connectivity index (χ4n) is 9.98. The van der Waals surface area contributed by atoms with Crippen LogP contribution in [0.1, 0.15) is 67.5 Å². The molecular formula is C67H54IrN4O2-2. The summed E-state index contributed by atoms with van der Waals surface area (Å²) in [5.74, 6) is 1.14. The van der Waals surface area contributed by atoms with Crippen molar-refractivity contribution >= 4 is 33.0 Å². The number of aromatic nitrogens is 4. The molecule has 4 heterocycles. The van der Waals surface area contributed by atoms with E-state index in [9.17, 15) is 5.11 Å². The number of furan rings is 1. The van der Waals surface area contributed by atoms with Crippen LogP contribution in [0.5, 0.6) is 0 Å². The molecule has 0 saturated carbocycles. The van der Waals surface area contributed by atoms with Crippen molar-refractivity contribution in [3.05, 3.63) is 265 Å². The van der Waals surface area contributed by atoms with Gasteiger partial charge in [-0.2, -0.15) is 0 Å². The van der Waals surface area contributed by atoms with Crippen LogP contribution in [-0.4, -0.2) is 24.6 Å². The van der Waals surface area contributed by atoms with Crippen LogP contribution in [-0.2, 0) is 32.1 Å². The van der Waals surface area contributed by atoms with Gasteiger partial charge in [0.05, 0.1) is 28.1 Å². The summed E-state index contributed by atoms with van der Waals surface area (Å²) in [5, 5.41) is 15.0. The normalized spacial score (nSPS) is 12.1. The smallest absolute Gasteiger partial charge is 0.134 e. The van der Waals surface area contributed by atoms with Crippen molar-refractivity contribution in [2.45, 2.75) is 51.6 Å². The summed E-state index contributed by atoms with van der Waals surface area (Å²) < 4.78 is 9.14. The first-order valence-corrected chi connectivity index (χ1v) is 25.0. The average Bonchev–Trinajstić information content (AvgIpc) is 4.03. The summed E-state index contributed by atoms with van der Waals surface area (Å²) in [5.41, 5.74) is 14.9. The minimum atomic E-state index is -1.49. The fourth-order valence-corrected chi connectivity index (χ4v) is 9.98. The number of hydrogen-bond acceptors (Lipinski definition) is 5. The Hall–Kier alpha value is -8.06. The van der Waals surface area contributed by atoms with Crippen LogP contribution in [0.2, 0.25) is 0 Å². The van der Waals surface area contributed by atoms with Gasteiger partial charge in [0.1, 0.15) is 11.2 Å². The molecule has 1 N–H and O–H groups in total. The minimum Gasteiger partial charge on any atom is -0.501 e. The Kier molecular flexibility index (Phi) is 14.4. The summed E-state index contributed by atoms with van der Waals surface area (Å²) in [4.78, 5) is 14.4. The van der Waals surface area contributed by atoms with Crippen molar-refractivity contribution in [3.63, 3.8) is 0 Å². The summed E-state index contributed by atoms with van der Waals surface area (Å²) >= 11 is 0. The predicted octanol–water partition coefficient (Wildman–Crippen LogP) is 16.4. The van der Waals surface area contributed by atoms with Crippen LogP contribution in [0.25, 0.3) is 83.6 Å². The van der Waals surface area contributed by atoms with Crippen LogP contribution >= 0.6 is 0 Å². The second-order valence-corrected chi connectivity index (χ2v) is 19.1. The van der Waals surface area contributed by atoms with Crippen LogP contribution in [0, 0.1) is 12.1 Å². The minimum absolute atomic E-state index is 0. The van der Waals surface area contributed by atoms with E-state index < -0.39 is 5.60 Å². The van der Waals surface area contributed by atoms with Crippen molar-refractivity contribution in [2.75, 3.05) is 0 Å². The van der Waals surface area contributed by atoms with E-state index in [1.54, 1.807) is 12.4 Å². The van der Waals surface area contributed by atoms with E-state index in [2.05, 4.69) is 146 Å². The molecular weight excluding hydrogens is 1080 g/mol. The van der Waals surface area contributed by atoms with Crippen molar-refractivity contribution in [3.8, 4) is 50.6 Å². The maximum Gasteiger partial charge on any atom is 0.134 e. The van der Waals surface area contributed by atoms with E-state index in [1.807, 2.05) is 115 Å². The number of nitrogens with zero attached hydrogens (tertiary/aromatic N) is 4. The number of imidazole rings is 1. The maximum atomic E-state index is 13.1. The van der Waals surface area contributed by atoms with Gasteiger partial charge in [0.2, 0.25) is 0 Å². The molecule has 1 atom stereocenters. The molecule has 1 radical (unpaired) electrons. The van der Waals surface area contributed by atoms with Crippen LogP contribution in [0.4, 0.5) is 0 Å². The average molecular weight is 1140 g/mol. The molecule has 0 fully saturated rings. The topological polar surface area (TPSA) is 77.0 Å². The van der Waals surface area contributed by atoms with Gasteiger partial charge in [-0.1, -0.05) is 172 Å². The zero-order valence-electron chi connectivity index (χ0n) is 41.7. The van der Waals surface area contributed by atoms with Gasteiger partial charge in [0.15, 0.2) is 0 Å². The Morgan fingerprint density at radius 3 is 1.84 bits per heavy atom. The van der Waals surface area contributed by atoms with Crippen LogP contribution in [0.3, 0.4) is 0 Å². The van der Waals surface area contributed by atoms with Crippen molar-refractivity contribution < 1.29 is 29.6 Å². The quantitative estimate of drug-likeness (QED) is 0.131. The maximum absolute atomic E-state index is 13.1. The van der Waals surface area contributed by atoms with Gasteiger partial charge in [-0.3, -0.25) is 9.97 Å². The Labute approximate surface area is 446 Å². The first-order valence-electron chi connectivity index (χ1n) is 25.0. The summed E-state index contributed by atoms with van der Waals surface area (Å²) in [6.07, 6.45) is 3.73. The number of para-hydroxylation sites is 3. The van der Waals surface area contributed by atoms with E-state index in [4.69, 9.17) is 14.4 Å². The first-order chi connectivity index (χ1) is 35.7. The second-order valence-electron chi connectivity index (χ2n) is 19.1. The summed E-state index contributed by atoms with van der Waals surface area (Å²) in [6.45, 7) is 9.08. The largest absolute Gasteiger partial charge is 0.501 e. The van der Waals surface area contributed by atoms with Crippen LogP contribution in [0.15, 0.2) is 229 Å². The van der Waals surface area contributed by atoms with Gasteiger partial charge in [-0.25, -0.2) is 0 Å². The Balaban J connectivity index is 0.000000422. The van der Waals surface area contributed by atoms with Crippen LogP contribution < -0.4 is 0 Å². The summed E-state index contributed by atoms with van der Waals surface area (Å²) in [6, 6.07) is 78.8. The molecule has 0 aliphatic heterocycles. The van der Waals surface area contributed by atoms with Gasteiger partial charge in [0, 0.05) is 43.6 Å². The Bertz CT molecular complexity index is 3750. The van der Waals surface area contributed by atoms with E-state index in [1.165, 1.54) is 22.3 Å². The second kappa shape index (κ2) is 21.6. The molecule has 74 heavy (non-hydrogen) atoms. The van der Waals surface area contributed by atoms with Gasteiger partial charge in [-0.15, -0.1) is 53.6 Å². The molecule has 0 amide bonds. The van der Waals surface area contributed by atoms with Crippen molar-refractivity contribution in [1.82, 2.24) is 19.5 Å².